The van der Waals surface area contributed by atoms with Gasteiger partial charge in [0.2, 0.25) is 5.91 Å². The van der Waals surface area contributed by atoms with Gasteiger partial charge < -0.3 is 15.8 Å². The average molecular weight is 256 g/mol. The topological polar surface area (TPSA) is 64.3 Å². The van der Waals surface area contributed by atoms with E-state index in [1.54, 1.807) is 19.2 Å². The van der Waals surface area contributed by atoms with E-state index in [1.807, 2.05) is 42.5 Å². The third kappa shape index (κ3) is 3.11. The molecule has 4 nitrogen and oxygen atoms in total. The van der Waals surface area contributed by atoms with Gasteiger partial charge in [-0.05, 0) is 17.7 Å². The predicted octanol–water partition coefficient (Wildman–Crippen LogP) is 2.33. The first-order valence-corrected chi connectivity index (χ1v) is 5.97. The number of ether oxygens (including phenoxy) is 1. The average Bonchev–Trinajstić information content (AvgIpc) is 2.48. The van der Waals surface area contributed by atoms with Crippen molar-refractivity contribution in [3.05, 3.63) is 60.2 Å². The van der Waals surface area contributed by atoms with Crippen LogP contribution in [0, 0.1) is 0 Å². The zero-order valence-corrected chi connectivity index (χ0v) is 10.7. The van der Waals surface area contributed by atoms with Crippen LogP contribution >= 0.6 is 0 Å². The van der Waals surface area contributed by atoms with Crippen molar-refractivity contribution in [2.45, 2.75) is 6.04 Å². The molecule has 0 aliphatic carbocycles. The van der Waals surface area contributed by atoms with Crippen LogP contribution in [-0.4, -0.2) is 13.0 Å². The standard InChI is InChI=1S/C15H16N2O2/c1-19-13-10-6-5-9-12(13)17-15(18)14(16)11-7-3-2-4-8-11/h2-10,14H,16H2,1H3,(H,17,18). The number of anilines is 1. The molecule has 2 aromatic rings. The molecule has 2 rings (SSSR count). The van der Waals surface area contributed by atoms with E-state index in [2.05, 4.69) is 5.32 Å². The van der Waals surface area contributed by atoms with Gasteiger partial charge in [0.25, 0.3) is 0 Å². The maximum Gasteiger partial charge on any atom is 0.245 e. The molecule has 4 heteroatoms. The Balaban J connectivity index is 2.13. The molecule has 1 amide bonds. The van der Waals surface area contributed by atoms with E-state index in [4.69, 9.17) is 10.5 Å². The number of carbonyl (C=O) groups is 1. The smallest absolute Gasteiger partial charge is 0.245 e. The quantitative estimate of drug-likeness (QED) is 0.882. The van der Waals surface area contributed by atoms with Crippen LogP contribution in [0.3, 0.4) is 0 Å². The summed E-state index contributed by atoms with van der Waals surface area (Å²) < 4.78 is 5.18. The summed E-state index contributed by atoms with van der Waals surface area (Å²) in [6, 6.07) is 15.8. The van der Waals surface area contributed by atoms with E-state index in [1.165, 1.54) is 0 Å². The normalized spacial score (nSPS) is 11.7. The van der Waals surface area contributed by atoms with E-state index in [-0.39, 0.29) is 5.91 Å². The highest BCUT2D eigenvalue weighted by Gasteiger charge is 2.16. The molecule has 98 valence electrons. The summed E-state index contributed by atoms with van der Waals surface area (Å²) in [6.07, 6.45) is 0. The van der Waals surface area contributed by atoms with Gasteiger partial charge in [-0.15, -0.1) is 0 Å². The van der Waals surface area contributed by atoms with Crippen molar-refractivity contribution in [2.75, 3.05) is 12.4 Å². The van der Waals surface area contributed by atoms with Crippen molar-refractivity contribution >= 4 is 11.6 Å². The lowest BCUT2D eigenvalue weighted by Gasteiger charge is -2.14. The number of methoxy groups -OCH3 is 1. The van der Waals surface area contributed by atoms with Crippen molar-refractivity contribution in [2.24, 2.45) is 5.73 Å². The van der Waals surface area contributed by atoms with Crippen molar-refractivity contribution in [1.82, 2.24) is 0 Å². The highest BCUT2D eigenvalue weighted by atomic mass is 16.5. The number of benzene rings is 2. The van der Waals surface area contributed by atoms with Gasteiger partial charge in [0, 0.05) is 0 Å². The molecule has 1 unspecified atom stereocenters. The van der Waals surface area contributed by atoms with Crippen molar-refractivity contribution < 1.29 is 9.53 Å². The van der Waals surface area contributed by atoms with Gasteiger partial charge in [-0.3, -0.25) is 4.79 Å². The Labute approximate surface area is 112 Å². The third-order valence-electron chi connectivity index (χ3n) is 2.81. The van der Waals surface area contributed by atoms with E-state index in [0.29, 0.717) is 11.4 Å². The molecule has 2 aromatic carbocycles. The lowest BCUT2D eigenvalue weighted by atomic mass is 10.1. The fraction of sp³-hybridized carbons (Fsp3) is 0.133. The van der Waals surface area contributed by atoms with Crippen molar-refractivity contribution in [1.29, 1.82) is 0 Å². The number of nitrogens with one attached hydrogen (secondary N) is 1. The van der Waals surface area contributed by atoms with Crippen LogP contribution in [0.5, 0.6) is 5.75 Å². The molecule has 0 saturated carbocycles. The Morgan fingerprint density at radius 2 is 1.74 bits per heavy atom. The number of nitrogens with two attached hydrogens (primary N) is 1. The van der Waals surface area contributed by atoms with Crippen molar-refractivity contribution in [3.8, 4) is 5.75 Å². The third-order valence-corrected chi connectivity index (χ3v) is 2.81. The van der Waals surface area contributed by atoms with Crippen LogP contribution in [0.25, 0.3) is 0 Å². The summed E-state index contributed by atoms with van der Waals surface area (Å²) in [7, 11) is 1.56. The van der Waals surface area contributed by atoms with Gasteiger partial charge in [-0.25, -0.2) is 0 Å². The van der Waals surface area contributed by atoms with E-state index < -0.39 is 6.04 Å². The van der Waals surface area contributed by atoms with Crippen molar-refractivity contribution in [3.63, 3.8) is 0 Å². The molecule has 0 heterocycles. The summed E-state index contributed by atoms with van der Waals surface area (Å²) in [6.45, 7) is 0. The molecule has 0 bridgehead atoms. The van der Waals surface area contributed by atoms with Crippen LogP contribution in [0.1, 0.15) is 11.6 Å². The van der Waals surface area contributed by atoms with Gasteiger partial charge in [-0.1, -0.05) is 42.5 Å². The largest absolute Gasteiger partial charge is 0.495 e. The van der Waals surface area contributed by atoms with Gasteiger partial charge >= 0.3 is 0 Å². The van der Waals surface area contributed by atoms with Gasteiger partial charge in [-0.2, -0.15) is 0 Å². The summed E-state index contributed by atoms with van der Waals surface area (Å²) >= 11 is 0. The number of para-hydroxylation sites is 2. The molecular weight excluding hydrogens is 240 g/mol. The van der Waals surface area contributed by atoms with E-state index in [0.717, 1.165) is 5.56 Å². The summed E-state index contributed by atoms with van der Waals surface area (Å²) in [4.78, 5) is 12.1. The maximum atomic E-state index is 12.1. The first-order valence-electron chi connectivity index (χ1n) is 5.97. The number of amides is 1. The first kappa shape index (κ1) is 13.1. The lowest BCUT2D eigenvalue weighted by Crippen LogP contribution is -2.27. The van der Waals surface area contributed by atoms with Gasteiger partial charge in [0.15, 0.2) is 0 Å². The van der Waals surface area contributed by atoms with Crippen LogP contribution in [0.4, 0.5) is 5.69 Å². The minimum Gasteiger partial charge on any atom is -0.495 e. The maximum absolute atomic E-state index is 12.1. The number of hydrogen-bond acceptors (Lipinski definition) is 3. The second kappa shape index (κ2) is 6.02. The van der Waals surface area contributed by atoms with Crippen LogP contribution in [0.2, 0.25) is 0 Å². The zero-order valence-electron chi connectivity index (χ0n) is 10.7. The summed E-state index contributed by atoms with van der Waals surface area (Å²) in [5.74, 6) is 0.340. The monoisotopic (exact) mass is 256 g/mol. The van der Waals surface area contributed by atoms with Crippen LogP contribution < -0.4 is 15.8 Å². The Hall–Kier alpha value is -2.33. The minimum atomic E-state index is -0.703. The lowest BCUT2D eigenvalue weighted by molar-refractivity contribution is -0.117. The Kier molecular flexibility index (Phi) is 4.15. The molecule has 19 heavy (non-hydrogen) atoms. The fourth-order valence-corrected chi connectivity index (χ4v) is 1.77. The molecule has 0 fully saturated rings. The van der Waals surface area contributed by atoms with Crippen LogP contribution in [0.15, 0.2) is 54.6 Å². The molecule has 0 aliphatic heterocycles. The van der Waals surface area contributed by atoms with Gasteiger partial charge in [0.05, 0.1) is 12.8 Å². The van der Waals surface area contributed by atoms with Crippen LogP contribution in [-0.2, 0) is 4.79 Å². The molecule has 0 aliphatic rings. The summed E-state index contributed by atoms with van der Waals surface area (Å²) in [5.41, 5.74) is 7.31. The Bertz CT molecular complexity index is 555. The highest BCUT2D eigenvalue weighted by molar-refractivity contribution is 5.96. The molecule has 0 aromatic heterocycles. The molecule has 0 radical (unpaired) electrons. The molecule has 1 atom stereocenters. The second-order valence-corrected chi connectivity index (χ2v) is 4.08. The zero-order chi connectivity index (χ0) is 13.7. The highest BCUT2D eigenvalue weighted by Crippen LogP contribution is 2.24. The number of rotatable bonds is 4. The fourth-order valence-electron chi connectivity index (χ4n) is 1.77. The van der Waals surface area contributed by atoms with Gasteiger partial charge in [0.1, 0.15) is 11.8 Å². The summed E-state index contributed by atoms with van der Waals surface area (Å²) in [5, 5.41) is 2.77. The van der Waals surface area contributed by atoms with E-state index in [9.17, 15) is 4.79 Å². The first-order chi connectivity index (χ1) is 9.22. The Morgan fingerprint density at radius 3 is 2.42 bits per heavy atom. The minimum absolute atomic E-state index is 0.268. The Morgan fingerprint density at radius 1 is 1.11 bits per heavy atom. The SMILES string of the molecule is COc1ccccc1NC(=O)C(N)c1ccccc1. The molecule has 0 spiro atoms. The predicted molar refractivity (Wildman–Crippen MR) is 75.0 cm³/mol. The number of hydrogen-bond donors (Lipinski definition) is 2. The number of carbonyl (C=O) groups excluding carboxylic acids is 1. The molecule has 3 N–H and O–H groups in total. The second-order valence-electron chi connectivity index (χ2n) is 4.08. The molecule has 0 saturated heterocycles. The van der Waals surface area contributed by atoms with E-state index >= 15 is 0 Å². The molecular formula is C15H16N2O2.